The molecule has 0 amide bonds. The standard InChI is InChI=1S/C17H23N3O/c1-21-14-5-6-16-15(10-14)19-17(20(16)13-3-4-13)7-2-12-8-9-18-11-12/h5-6,10,12-13,18H,2-4,7-9,11H2,1H3. The summed E-state index contributed by atoms with van der Waals surface area (Å²) in [6, 6.07) is 6.96. The van der Waals surface area contributed by atoms with Crippen molar-refractivity contribution in [1.29, 1.82) is 0 Å². The molecular formula is C17H23N3O. The normalized spacial score (nSPS) is 22.0. The van der Waals surface area contributed by atoms with Gasteiger partial charge in [-0.05, 0) is 56.8 Å². The lowest BCUT2D eigenvalue weighted by molar-refractivity contribution is 0.415. The third-order valence-corrected chi connectivity index (χ3v) is 4.82. The number of benzene rings is 1. The molecule has 4 heteroatoms. The van der Waals surface area contributed by atoms with Gasteiger partial charge in [0.25, 0.3) is 0 Å². The van der Waals surface area contributed by atoms with E-state index in [9.17, 15) is 0 Å². The number of imidazole rings is 1. The highest BCUT2D eigenvalue weighted by atomic mass is 16.5. The smallest absolute Gasteiger partial charge is 0.121 e. The van der Waals surface area contributed by atoms with Gasteiger partial charge in [0, 0.05) is 18.5 Å². The van der Waals surface area contributed by atoms with E-state index in [0.29, 0.717) is 6.04 Å². The van der Waals surface area contributed by atoms with Gasteiger partial charge in [0.2, 0.25) is 0 Å². The zero-order chi connectivity index (χ0) is 14.2. The van der Waals surface area contributed by atoms with Crippen LogP contribution in [0, 0.1) is 5.92 Å². The maximum absolute atomic E-state index is 5.33. The number of hydrogen-bond donors (Lipinski definition) is 1. The van der Waals surface area contributed by atoms with Crippen LogP contribution in [0.15, 0.2) is 18.2 Å². The first-order chi connectivity index (χ1) is 10.3. The largest absolute Gasteiger partial charge is 0.497 e. The Morgan fingerprint density at radius 1 is 1.33 bits per heavy atom. The Bertz CT molecular complexity index is 639. The van der Waals surface area contributed by atoms with Crippen molar-refractivity contribution in [2.45, 2.75) is 38.1 Å². The van der Waals surface area contributed by atoms with Crippen LogP contribution in [0.25, 0.3) is 11.0 Å². The zero-order valence-corrected chi connectivity index (χ0v) is 12.6. The molecule has 1 N–H and O–H groups in total. The minimum atomic E-state index is 0.681. The van der Waals surface area contributed by atoms with E-state index in [1.54, 1.807) is 7.11 Å². The van der Waals surface area contributed by atoms with E-state index in [1.807, 2.05) is 6.07 Å². The molecule has 2 aromatic rings. The molecule has 1 aromatic heterocycles. The Kier molecular flexibility index (Phi) is 3.34. The van der Waals surface area contributed by atoms with Crippen LogP contribution in [-0.2, 0) is 6.42 Å². The molecule has 1 saturated heterocycles. The van der Waals surface area contributed by atoms with Crippen LogP contribution in [0.1, 0.15) is 37.5 Å². The van der Waals surface area contributed by atoms with Crippen LogP contribution < -0.4 is 10.1 Å². The fourth-order valence-corrected chi connectivity index (χ4v) is 3.47. The number of aryl methyl sites for hydroxylation is 1. The first kappa shape index (κ1) is 13.1. The Hall–Kier alpha value is -1.55. The number of rotatable bonds is 5. The van der Waals surface area contributed by atoms with Crippen LogP contribution in [0.4, 0.5) is 0 Å². The van der Waals surface area contributed by atoms with Gasteiger partial charge in [-0.2, -0.15) is 0 Å². The molecular weight excluding hydrogens is 262 g/mol. The van der Waals surface area contributed by atoms with Gasteiger partial charge in [-0.15, -0.1) is 0 Å². The van der Waals surface area contributed by atoms with Crippen molar-refractivity contribution in [3.63, 3.8) is 0 Å². The van der Waals surface area contributed by atoms with E-state index in [1.165, 1.54) is 50.1 Å². The average Bonchev–Trinajstić information content (AvgIpc) is 3.09. The van der Waals surface area contributed by atoms with Gasteiger partial charge in [-0.3, -0.25) is 0 Å². The second-order valence-corrected chi connectivity index (χ2v) is 6.38. The zero-order valence-electron chi connectivity index (χ0n) is 12.6. The summed E-state index contributed by atoms with van der Waals surface area (Å²) in [6.45, 7) is 2.36. The molecule has 2 fully saturated rings. The Morgan fingerprint density at radius 2 is 2.24 bits per heavy atom. The van der Waals surface area contributed by atoms with Gasteiger partial charge < -0.3 is 14.6 Å². The number of aromatic nitrogens is 2. The van der Waals surface area contributed by atoms with Crippen LogP contribution in [0.2, 0.25) is 0 Å². The molecule has 1 saturated carbocycles. The minimum absolute atomic E-state index is 0.681. The van der Waals surface area contributed by atoms with E-state index in [0.717, 1.165) is 23.6 Å². The lowest BCUT2D eigenvalue weighted by Gasteiger charge is -2.10. The molecule has 0 spiro atoms. The van der Waals surface area contributed by atoms with Crippen LogP contribution in [0.3, 0.4) is 0 Å². The number of ether oxygens (including phenoxy) is 1. The predicted molar refractivity (Wildman–Crippen MR) is 83.9 cm³/mol. The molecule has 1 aliphatic carbocycles. The number of nitrogens with zero attached hydrogens (tertiary/aromatic N) is 2. The highest BCUT2D eigenvalue weighted by Crippen LogP contribution is 2.39. The van der Waals surface area contributed by atoms with Crippen molar-refractivity contribution >= 4 is 11.0 Å². The molecule has 1 atom stereocenters. The topological polar surface area (TPSA) is 39.1 Å². The molecule has 2 aliphatic rings. The summed E-state index contributed by atoms with van der Waals surface area (Å²) in [6.07, 6.45) is 6.27. The second-order valence-electron chi connectivity index (χ2n) is 6.38. The van der Waals surface area contributed by atoms with Gasteiger partial charge in [0.1, 0.15) is 11.6 Å². The summed E-state index contributed by atoms with van der Waals surface area (Å²) < 4.78 is 7.81. The molecule has 0 radical (unpaired) electrons. The molecule has 2 heterocycles. The predicted octanol–water partition coefficient (Wildman–Crippen LogP) is 2.92. The van der Waals surface area contributed by atoms with E-state index in [-0.39, 0.29) is 0 Å². The van der Waals surface area contributed by atoms with Crippen molar-refractivity contribution in [3.05, 3.63) is 24.0 Å². The van der Waals surface area contributed by atoms with E-state index >= 15 is 0 Å². The second kappa shape index (κ2) is 5.34. The van der Waals surface area contributed by atoms with Gasteiger partial charge in [-0.1, -0.05) is 0 Å². The molecule has 21 heavy (non-hydrogen) atoms. The number of nitrogens with one attached hydrogen (secondary N) is 1. The lowest BCUT2D eigenvalue weighted by Crippen LogP contribution is -2.11. The molecule has 1 unspecified atom stereocenters. The first-order valence-corrected chi connectivity index (χ1v) is 8.10. The maximum atomic E-state index is 5.33. The molecule has 112 valence electrons. The van der Waals surface area contributed by atoms with Crippen LogP contribution in [0.5, 0.6) is 5.75 Å². The maximum Gasteiger partial charge on any atom is 0.121 e. The monoisotopic (exact) mass is 285 g/mol. The summed E-state index contributed by atoms with van der Waals surface area (Å²) in [7, 11) is 1.72. The summed E-state index contributed by atoms with van der Waals surface area (Å²) in [4.78, 5) is 4.91. The molecule has 4 rings (SSSR count). The molecule has 0 bridgehead atoms. The highest BCUT2D eigenvalue weighted by molar-refractivity contribution is 5.78. The van der Waals surface area contributed by atoms with Crippen LogP contribution >= 0.6 is 0 Å². The number of hydrogen-bond acceptors (Lipinski definition) is 3. The van der Waals surface area contributed by atoms with Gasteiger partial charge in [-0.25, -0.2) is 4.98 Å². The van der Waals surface area contributed by atoms with Gasteiger partial charge >= 0.3 is 0 Å². The van der Waals surface area contributed by atoms with Crippen LogP contribution in [-0.4, -0.2) is 29.8 Å². The molecule has 1 aliphatic heterocycles. The Morgan fingerprint density at radius 3 is 2.95 bits per heavy atom. The average molecular weight is 285 g/mol. The summed E-state index contributed by atoms with van der Waals surface area (Å²) >= 11 is 0. The quantitative estimate of drug-likeness (QED) is 0.918. The van der Waals surface area contributed by atoms with E-state index in [2.05, 4.69) is 22.0 Å². The number of fused-ring (bicyclic) bond motifs is 1. The van der Waals surface area contributed by atoms with Crippen molar-refractivity contribution < 1.29 is 4.74 Å². The van der Waals surface area contributed by atoms with Gasteiger partial charge in [0.15, 0.2) is 0 Å². The summed E-state index contributed by atoms with van der Waals surface area (Å²) in [5.41, 5.74) is 2.36. The lowest BCUT2D eigenvalue weighted by atomic mass is 10.0. The number of methoxy groups -OCH3 is 1. The first-order valence-electron chi connectivity index (χ1n) is 8.10. The van der Waals surface area contributed by atoms with Crippen molar-refractivity contribution in [2.24, 2.45) is 5.92 Å². The SMILES string of the molecule is COc1ccc2c(c1)nc(CCC1CCNC1)n2C1CC1. The third-order valence-electron chi connectivity index (χ3n) is 4.82. The molecule has 1 aromatic carbocycles. The summed E-state index contributed by atoms with van der Waals surface area (Å²) in [5.74, 6) is 2.99. The van der Waals surface area contributed by atoms with Crippen molar-refractivity contribution in [3.8, 4) is 5.75 Å². The highest BCUT2D eigenvalue weighted by Gasteiger charge is 2.28. The van der Waals surface area contributed by atoms with Crippen molar-refractivity contribution in [2.75, 3.05) is 20.2 Å². The van der Waals surface area contributed by atoms with Crippen molar-refractivity contribution in [1.82, 2.24) is 14.9 Å². The fraction of sp³-hybridized carbons (Fsp3) is 0.588. The van der Waals surface area contributed by atoms with E-state index in [4.69, 9.17) is 9.72 Å². The summed E-state index contributed by atoms with van der Waals surface area (Å²) in [5, 5.41) is 3.46. The van der Waals surface area contributed by atoms with Gasteiger partial charge in [0.05, 0.1) is 18.1 Å². The minimum Gasteiger partial charge on any atom is -0.497 e. The van der Waals surface area contributed by atoms with E-state index < -0.39 is 0 Å². The fourth-order valence-electron chi connectivity index (χ4n) is 3.47. The third kappa shape index (κ3) is 2.53. The Balaban J connectivity index is 1.64. The Labute approximate surface area is 125 Å². The molecule has 4 nitrogen and oxygen atoms in total.